The van der Waals surface area contributed by atoms with E-state index < -0.39 is 0 Å². The summed E-state index contributed by atoms with van der Waals surface area (Å²) in [5.74, 6) is -0.0308. The van der Waals surface area contributed by atoms with Gasteiger partial charge in [-0.15, -0.1) is 0 Å². The number of aromatic nitrogens is 1. The first-order valence-electron chi connectivity index (χ1n) is 10.8. The standard InChI is InChI=1S/C22H27ClN4O5/c23-18-6-2-1-5-17(18)20-14-19(25-32-20)22(29)26(15-16-4-3-11-31-16)8-7-21(28)24-27-9-12-30-13-10-27/h1-2,5-6,14,16H,3-4,7-13,15H2,(H,24,28). The van der Waals surface area contributed by atoms with Crippen molar-refractivity contribution in [2.24, 2.45) is 0 Å². The number of morpholine rings is 1. The van der Waals surface area contributed by atoms with Gasteiger partial charge in [0.25, 0.3) is 5.91 Å². The molecule has 1 aromatic heterocycles. The van der Waals surface area contributed by atoms with E-state index in [0.717, 1.165) is 12.8 Å². The van der Waals surface area contributed by atoms with Crippen molar-refractivity contribution in [3.63, 3.8) is 0 Å². The van der Waals surface area contributed by atoms with Crippen LogP contribution in [0.15, 0.2) is 34.9 Å². The maximum atomic E-state index is 13.2. The molecule has 3 heterocycles. The highest BCUT2D eigenvalue weighted by Crippen LogP contribution is 2.28. The highest BCUT2D eigenvalue weighted by Gasteiger charge is 2.26. The molecule has 1 atom stereocenters. The summed E-state index contributed by atoms with van der Waals surface area (Å²) in [5, 5.41) is 6.31. The molecule has 1 aromatic carbocycles. The number of ether oxygens (including phenoxy) is 2. The first-order valence-corrected chi connectivity index (χ1v) is 11.2. The number of nitrogens with zero attached hydrogens (tertiary/aromatic N) is 3. The van der Waals surface area contributed by atoms with Crippen molar-refractivity contribution in [1.29, 1.82) is 0 Å². The molecular weight excluding hydrogens is 436 g/mol. The fourth-order valence-electron chi connectivity index (χ4n) is 3.78. The Morgan fingerprint density at radius 3 is 2.78 bits per heavy atom. The number of amides is 2. The number of halogens is 1. The average molecular weight is 463 g/mol. The molecule has 2 aromatic rings. The van der Waals surface area contributed by atoms with Gasteiger partial charge in [0, 0.05) is 50.8 Å². The zero-order valence-electron chi connectivity index (χ0n) is 17.8. The molecule has 9 nitrogen and oxygen atoms in total. The number of hydrogen-bond acceptors (Lipinski definition) is 7. The lowest BCUT2D eigenvalue weighted by molar-refractivity contribution is -0.128. The topological polar surface area (TPSA) is 97.1 Å². The van der Waals surface area contributed by atoms with Crippen LogP contribution in [0.4, 0.5) is 0 Å². The summed E-state index contributed by atoms with van der Waals surface area (Å²) >= 11 is 6.23. The molecule has 10 heteroatoms. The van der Waals surface area contributed by atoms with Crippen LogP contribution in [0.25, 0.3) is 11.3 Å². The van der Waals surface area contributed by atoms with E-state index in [1.165, 1.54) is 0 Å². The Bertz CT molecular complexity index is 925. The Kier molecular flexibility index (Phi) is 7.75. The minimum atomic E-state index is -0.304. The Hall–Kier alpha value is -2.46. The molecule has 0 bridgehead atoms. The number of hydrogen-bond donors (Lipinski definition) is 1. The molecule has 0 saturated carbocycles. The van der Waals surface area contributed by atoms with Crippen molar-refractivity contribution < 1.29 is 23.6 Å². The number of benzene rings is 1. The van der Waals surface area contributed by atoms with Gasteiger partial charge in [0.2, 0.25) is 5.91 Å². The molecule has 2 aliphatic heterocycles. The van der Waals surface area contributed by atoms with Crippen LogP contribution in [0, 0.1) is 0 Å². The van der Waals surface area contributed by atoms with Crippen molar-refractivity contribution >= 4 is 23.4 Å². The lowest BCUT2D eigenvalue weighted by Gasteiger charge is -2.28. The molecule has 2 saturated heterocycles. The smallest absolute Gasteiger partial charge is 0.276 e. The van der Waals surface area contributed by atoms with Crippen molar-refractivity contribution in [3.05, 3.63) is 41.0 Å². The molecule has 172 valence electrons. The average Bonchev–Trinajstić information content (AvgIpc) is 3.49. The highest BCUT2D eigenvalue weighted by molar-refractivity contribution is 6.33. The van der Waals surface area contributed by atoms with E-state index in [1.807, 2.05) is 17.1 Å². The SMILES string of the molecule is O=C(CCN(CC1CCCO1)C(=O)c1cc(-c2ccccc2Cl)on1)NN1CCOCC1. The van der Waals surface area contributed by atoms with Gasteiger partial charge in [0.1, 0.15) is 0 Å². The van der Waals surface area contributed by atoms with Gasteiger partial charge in [-0.3, -0.25) is 15.0 Å². The Morgan fingerprint density at radius 1 is 1.22 bits per heavy atom. The summed E-state index contributed by atoms with van der Waals surface area (Å²) in [7, 11) is 0. The van der Waals surface area contributed by atoms with E-state index >= 15 is 0 Å². The van der Waals surface area contributed by atoms with E-state index in [0.29, 0.717) is 55.8 Å². The van der Waals surface area contributed by atoms with Crippen LogP contribution in [0.3, 0.4) is 0 Å². The molecule has 32 heavy (non-hydrogen) atoms. The molecule has 2 aliphatic rings. The maximum Gasteiger partial charge on any atom is 0.276 e. The predicted molar refractivity (Wildman–Crippen MR) is 117 cm³/mol. The molecule has 1 unspecified atom stereocenters. The van der Waals surface area contributed by atoms with Crippen LogP contribution < -0.4 is 5.43 Å². The lowest BCUT2D eigenvalue weighted by Crippen LogP contribution is -2.49. The van der Waals surface area contributed by atoms with Gasteiger partial charge < -0.3 is 18.9 Å². The van der Waals surface area contributed by atoms with Gasteiger partial charge >= 0.3 is 0 Å². The zero-order valence-corrected chi connectivity index (χ0v) is 18.6. The molecule has 1 N–H and O–H groups in total. The van der Waals surface area contributed by atoms with E-state index in [2.05, 4.69) is 10.6 Å². The summed E-state index contributed by atoms with van der Waals surface area (Å²) in [6.45, 7) is 3.81. The minimum absolute atomic E-state index is 0.0452. The van der Waals surface area contributed by atoms with Crippen molar-refractivity contribution in [2.45, 2.75) is 25.4 Å². The lowest BCUT2D eigenvalue weighted by atomic mass is 10.1. The fraction of sp³-hybridized carbons (Fsp3) is 0.500. The zero-order chi connectivity index (χ0) is 22.3. The third-order valence-electron chi connectivity index (χ3n) is 5.51. The monoisotopic (exact) mass is 462 g/mol. The van der Waals surface area contributed by atoms with E-state index in [4.69, 9.17) is 25.6 Å². The molecule has 2 amide bonds. The molecule has 4 rings (SSSR count). The third kappa shape index (κ3) is 5.86. The molecule has 2 fully saturated rings. The maximum absolute atomic E-state index is 13.2. The molecular formula is C22H27ClN4O5. The Labute approximate surface area is 191 Å². The van der Waals surface area contributed by atoms with Gasteiger partial charge in [-0.1, -0.05) is 28.9 Å². The largest absolute Gasteiger partial charge is 0.379 e. The predicted octanol–water partition coefficient (Wildman–Crippen LogP) is 2.37. The Balaban J connectivity index is 1.41. The van der Waals surface area contributed by atoms with Crippen LogP contribution in [0.1, 0.15) is 29.8 Å². The number of nitrogens with one attached hydrogen (secondary N) is 1. The van der Waals surface area contributed by atoms with Crippen molar-refractivity contribution in [1.82, 2.24) is 20.5 Å². The summed E-state index contributed by atoms with van der Waals surface area (Å²) in [5.41, 5.74) is 3.71. The second kappa shape index (κ2) is 10.9. The molecule has 0 aliphatic carbocycles. The fourth-order valence-corrected chi connectivity index (χ4v) is 4.01. The summed E-state index contributed by atoms with van der Waals surface area (Å²) in [4.78, 5) is 27.3. The van der Waals surface area contributed by atoms with Crippen LogP contribution in [0.5, 0.6) is 0 Å². The second-order valence-electron chi connectivity index (χ2n) is 7.83. The number of hydrazine groups is 1. The highest BCUT2D eigenvalue weighted by atomic mass is 35.5. The Morgan fingerprint density at radius 2 is 2.03 bits per heavy atom. The van der Waals surface area contributed by atoms with Crippen LogP contribution in [-0.2, 0) is 14.3 Å². The second-order valence-corrected chi connectivity index (χ2v) is 8.23. The first-order chi connectivity index (χ1) is 15.6. The van der Waals surface area contributed by atoms with Crippen LogP contribution >= 0.6 is 11.6 Å². The number of carbonyl (C=O) groups excluding carboxylic acids is 2. The normalized spacial score (nSPS) is 19.1. The first kappa shape index (κ1) is 22.7. The molecule has 0 spiro atoms. The van der Waals surface area contributed by atoms with Gasteiger partial charge in [0.15, 0.2) is 11.5 Å². The van der Waals surface area contributed by atoms with Crippen LogP contribution in [-0.4, -0.2) is 79.0 Å². The van der Waals surface area contributed by atoms with Gasteiger partial charge in [-0.05, 0) is 25.0 Å². The van der Waals surface area contributed by atoms with Crippen molar-refractivity contribution in [3.8, 4) is 11.3 Å². The summed E-state index contributed by atoms with van der Waals surface area (Å²) in [6, 6.07) is 8.79. The van der Waals surface area contributed by atoms with Crippen LogP contribution in [0.2, 0.25) is 5.02 Å². The van der Waals surface area contributed by atoms with E-state index in [9.17, 15) is 9.59 Å². The number of carbonyl (C=O) groups is 2. The number of rotatable bonds is 8. The third-order valence-corrected chi connectivity index (χ3v) is 5.84. The van der Waals surface area contributed by atoms with E-state index in [1.54, 1.807) is 23.1 Å². The van der Waals surface area contributed by atoms with E-state index in [-0.39, 0.29) is 36.6 Å². The van der Waals surface area contributed by atoms with Gasteiger partial charge in [-0.2, -0.15) is 0 Å². The minimum Gasteiger partial charge on any atom is -0.379 e. The van der Waals surface area contributed by atoms with Gasteiger partial charge in [0.05, 0.1) is 24.3 Å². The van der Waals surface area contributed by atoms with Crippen molar-refractivity contribution in [2.75, 3.05) is 46.0 Å². The summed E-state index contributed by atoms with van der Waals surface area (Å²) < 4.78 is 16.4. The quantitative estimate of drug-likeness (QED) is 0.643. The van der Waals surface area contributed by atoms with Gasteiger partial charge in [-0.25, -0.2) is 5.01 Å². The molecule has 0 radical (unpaired) electrons. The summed E-state index contributed by atoms with van der Waals surface area (Å²) in [6.07, 6.45) is 1.97.